The number of hydrogen-bond donors (Lipinski definition) is 2. The van der Waals surface area contributed by atoms with Crippen LogP contribution >= 0.6 is 11.6 Å². The van der Waals surface area contributed by atoms with Gasteiger partial charge in [0.25, 0.3) is 0 Å². The molecule has 0 aliphatic heterocycles. The number of hydrogen-bond acceptors (Lipinski definition) is 3. The Labute approximate surface area is 147 Å². The van der Waals surface area contributed by atoms with Crippen molar-refractivity contribution in [3.05, 3.63) is 64.7 Å². The minimum atomic E-state index is -0.843. The van der Waals surface area contributed by atoms with Crippen molar-refractivity contribution in [3.8, 4) is 5.75 Å². The molecule has 0 spiro atoms. The van der Waals surface area contributed by atoms with Crippen LogP contribution in [0, 0.1) is 5.92 Å². The van der Waals surface area contributed by atoms with Gasteiger partial charge in [-0.25, -0.2) is 0 Å². The lowest BCUT2D eigenvalue weighted by atomic mass is 10.0. The molecule has 2 rings (SSSR count). The van der Waals surface area contributed by atoms with Crippen LogP contribution in [0.2, 0.25) is 5.02 Å². The summed E-state index contributed by atoms with van der Waals surface area (Å²) in [5.41, 5.74) is 1.95. The highest BCUT2D eigenvalue weighted by Gasteiger charge is 2.20. The maximum absolute atomic E-state index is 11.3. The molecule has 0 saturated carbocycles. The van der Waals surface area contributed by atoms with Crippen molar-refractivity contribution in [1.29, 1.82) is 0 Å². The van der Waals surface area contributed by atoms with Crippen LogP contribution in [0.3, 0.4) is 0 Å². The zero-order valence-corrected chi connectivity index (χ0v) is 14.6. The number of aliphatic carboxylic acids is 1. The van der Waals surface area contributed by atoms with E-state index in [4.69, 9.17) is 16.3 Å². The van der Waals surface area contributed by atoms with E-state index in [0.717, 1.165) is 16.9 Å². The quantitative estimate of drug-likeness (QED) is 0.754. The molecule has 0 aromatic heterocycles. The van der Waals surface area contributed by atoms with Crippen molar-refractivity contribution in [1.82, 2.24) is 5.32 Å². The summed E-state index contributed by atoms with van der Waals surface area (Å²) in [7, 11) is 0. The predicted octanol–water partition coefficient (Wildman–Crippen LogP) is 4.12. The second kappa shape index (κ2) is 8.71. The predicted molar refractivity (Wildman–Crippen MR) is 95.3 cm³/mol. The molecule has 2 aromatic carbocycles. The van der Waals surface area contributed by atoms with Gasteiger partial charge in [-0.05, 0) is 29.7 Å². The fourth-order valence-electron chi connectivity index (χ4n) is 2.36. The fraction of sp³-hybridized carbons (Fsp3) is 0.316. The highest BCUT2D eigenvalue weighted by Crippen LogP contribution is 2.20. The van der Waals surface area contributed by atoms with Crippen LogP contribution in [-0.4, -0.2) is 17.1 Å². The van der Waals surface area contributed by atoms with E-state index < -0.39 is 12.0 Å². The molecule has 128 valence electrons. The first-order valence-electron chi connectivity index (χ1n) is 7.88. The molecule has 24 heavy (non-hydrogen) atoms. The lowest BCUT2D eigenvalue weighted by Gasteiger charge is -2.19. The third-order valence-electron chi connectivity index (χ3n) is 3.73. The molecule has 0 fully saturated rings. The Morgan fingerprint density at radius 1 is 1.17 bits per heavy atom. The number of halogens is 1. The van der Waals surface area contributed by atoms with Gasteiger partial charge in [-0.3, -0.25) is 10.1 Å². The fourth-order valence-corrected chi connectivity index (χ4v) is 2.49. The average molecular weight is 348 g/mol. The molecule has 0 heterocycles. The van der Waals surface area contributed by atoms with Gasteiger partial charge in [0.05, 0.1) is 0 Å². The highest BCUT2D eigenvalue weighted by molar-refractivity contribution is 6.30. The van der Waals surface area contributed by atoms with E-state index in [9.17, 15) is 9.90 Å². The number of carboxylic acids is 1. The maximum atomic E-state index is 11.3. The van der Waals surface area contributed by atoms with Gasteiger partial charge in [0, 0.05) is 17.1 Å². The minimum Gasteiger partial charge on any atom is -0.489 e. The van der Waals surface area contributed by atoms with Crippen molar-refractivity contribution in [2.45, 2.75) is 33.0 Å². The lowest BCUT2D eigenvalue weighted by molar-refractivity contribution is -0.140. The molecule has 0 saturated heterocycles. The van der Waals surface area contributed by atoms with E-state index >= 15 is 0 Å². The van der Waals surface area contributed by atoms with Gasteiger partial charge >= 0.3 is 5.97 Å². The van der Waals surface area contributed by atoms with Crippen LogP contribution in [0.5, 0.6) is 5.75 Å². The van der Waals surface area contributed by atoms with E-state index in [1.807, 2.05) is 62.4 Å². The van der Waals surface area contributed by atoms with Crippen LogP contribution in [0.25, 0.3) is 0 Å². The van der Waals surface area contributed by atoms with E-state index in [0.29, 0.717) is 18.2 Å². The molecule has 0 aliphatic rings. The van der Waals surface area contributed by atoms with Gasteiger partial charge in [0.2, 0.25) is 0 Å². The van der Waals surface area contributed by atoms with Gasteiger partial charge in [-0.15, -0.1) is 0 Å². The number of benzene rings is 2. The Bertz CT molecular complexity index is 671. The summed E-state index contributed by atoms with van der Waals surface area (Å²) < 4.78 is 5.89. The van der Waals surface area contributed by atoms with Crippen molar-refractivity contribution < 1.29 is 14.6 Å². The Balaban J connectivity index is 2.01. The van der Waals surface area contributed by atoms with Crippen LogP contribution in [-0.2, 0) is 17.9 Å². The standard InChI is InChI=1S/C19H22ClNO3/c1-13(2)18(19(22)23)21-11-15-5-3-4-6-17(15)24-12-14-7-9-16(20)10-8-14/h3-10,13,18,21H,11-12H2,1-2H3,(H,22,23). The molecule has 0 radical (unpaired) electrons. The third kappa shape index (κ3) is 5.25. The topological polar surface area (TPSA) is 58.6 Å². The van der Waals surface area contributed by atoms with Crippen molar-refractivity contribution in [3.63, 3.8) is 0 Å². The average Bonchev–Trinajstić information content (AvgIpc) is 2.55. The monoisotopic (exact) mass is 347 g/mol. The molecule has 0 aliphatic carbocycles. The molecule has 1 atom stereocenters. The van der Waals surface area contributed by atoms with Crippen LogP contribution in [0.4, 0.5) is 0 Å². The van der Waals surface area contributed by atoms with Gasteiger partial charge in [-0.2, -0.15) is 0 Å². The third-order valence-corrected chi connectivity index (χ3v) is 3.98. The molecular weight excluding hydrogens is 326 g/mol. The van der Waals surface area contributed by atoms with Gasteiger partial charge < -0.3 is 9.84 Å². The number of carbonyl (C=O) groups is 1. The second-order valence-corrected chi connectivity index (χ2v) is 6.40. The summed E-state index contributed by atoms with van der Waals surface area (Å²) in [4.78, 5) is 11.3. The first-order chi connectivity index (χ1) is 11.5. The zero-order valence-electron chi connectivity index (χ0n) is 13.8. The molecule has 2 aromatic rings. The first-order valence-corrected chi connectivity index (χ1v) is 8.26. The number of para-hydroxylation sites is 1. The minimum absolute atomic E-state index is 0.00430. The smallest absolute Gasteiger partial charge is 0.320 e. The van der Waals surface area contributed by atoms with Crippen molar-refractivity contribution in [2.75, 3.05) is 0 Å². The van der Waals surface area contributed by atoms with Crippen molar-refractivity contribution >= 4 is 17.6 Å². The lowest BCUT2D eigenvalue weighted by Crippen LogP contribution is -2.40. The molecule has 1 unspecified atom stereocenters. The summed E-state index contributed by atoms with van der Waals surface area (Å²) in [6.45, 7) is 4.64. The van der Waals surface area contributed by atoms with E-state index in [1.54, 1.807) is 0 Å². The summed E-state index contributed by atoms with van der Waals surface area (Å²) in [6, 6.07) is 14.5. The van der Waals surface area contributed by atoms with Gasteiger partial charge in [0.15, 0.2) is 0 Å². The van der Waals surface area contributed by atoms with E-state index in [2.05, 4.69) is 5.32 Å². The molecule has 0 bridgehead atoms. The maximum Gasteiger partial charge on any atom is 0.320 e. The van der Waals surface area contributed by atoms with Crippen LogP contribution < -0.4 is 10.1 Å². The normalized spacial score (nSPS) is 12.2. The SMILES string of the molecule is CC(C)C(NCc1ccccc1OCc1ccc(Cl)cc1)C(=O)O. The largest absolute Gasteiger partial charge is 0.489 e. The molecule has 4 nitrogen and oxygen atoms in total. The summed E-state index contributed by atoms with van der Waals surface area (Å²) in [5, 5.41) is 13.0. The van der Waals surface area contributed by atoms with E-state index in [1.165, 1.54) is 0 Å². The molecule has 5 heteroatoms. The van der Waals surface area contributed by atoms with Crippen molar-refractivity contribution in [2.24, 2.45) is 5.92 Å². The second-order valence-electron chi connectivity index (χ2n) is 5.96. The van der Waals surface area contributed by atoms with Gasteiger partial charge in [0.1, 0.15) is 18.4 Å². The molecular formula is C19H22ClNO3. The number of ether oxygens (including phenoxy) is 1. The van der Waals surface area contributed by atoms with Crippen LogP contribution in [0.1, 0.15) is 25.0 Å². The van der Waals surface area contributed by atoms with E-state index in [-0.39, 0.29) is 5.92 Å². The number of rotatable bonds is 8. The number of carboxylic acid groups (broad SMARTS) is 1. The highest BCUT2D eigenvalue weighted by atomic mass is 35.5. The summed E-state index contributed by atoms with van der Waals surface area (Å²) in [6.07, 6.45) is 0. The first kappa shape index (κ1) is 18.3. The molecule has 0 amide bonds. The Hall–Kier alpha value is -2.04. The summed E-state index contributed by atoms with van der Waals surface area (Å²) in [5.74, 6) is -0.0953. The van der Waals surface area contributed by atoms with Crippen LogP contribution in [0.15, 0.2) is 48.5 Å². The zero-order chi connectivity index (χ0) is 17.5. The van der Waals surface area contributed by atoms with Gasteiger partial charge in [-0.1, -0.05) is 55.8 Å². The Kier molecular flexibility index (Phi) is 6.64. The molecule has 2 N–H and O–H groups in total. The summed E-state index contributed by atoms with van der Waals surface area (Å²) >= 11 is 5.88. The number of nitrogens with one attached hydrogen (secondary N) is 1. The Morgan fingerprint density at radius 3 is 2.46 bits per heavy atom. The Morgan fingerprint density at radius 2 is 1.83 bits per heavy atom.